The first-order valence-electron chi connectivity index (χ1n) is 5.24. The van der Waals surface area contributed by atoms with Crippen molar-refractivity contribution in [2.75, 3.05) is 0 Å². The van der Waals surface area contributed by atoms with E-state index < -0.39 is 17.9 Å². The summed E-state index contributed by atoms with van der Waals surface area (Å²) in [7, 11) is 0. The zero-order valence-electron chi connectivity index (χ0n) is 9.80. The Morgan fingerprint density at radius 3 is 2.28 bits per heavy atom. The lowest BCUT2D eigenvalue weighted by atomic mass is 10.1. The van der Waals surface area contributed by atoms with Crippen LogP contribution in [0.1, 0.15) is 34.1 Å². The number of carbonyl (C=O) groups excluding carboxylic acids is 2. The molecule has 0 amide bonds. The molecule has 1 aromatic rings. The van der Waals surface area contributed by atoms with Gasteiger partial charge in [-0.3, -0.25) is 0 Å². The summed E-state index contributed by atoms with van der Waals surface area (Å²) in [6.45, 7) is 5.13. The molecule has 0 aliphatic carbocycles. The van der Waals surface area contributed by atoms with Gasteiger partial charge in [-0.05, 0) is 18.6 Å². The molecule has 1 aromatic carbocycles. The van der Waals surface area contributed by atoms with E-state index in [4.69, 9.17) is 5.11 Å². The first-order valence-corrected chi connectivity index (χ1v) is 5.24. The molecule has 0 unspecified atom stereocenters. The normalized spacial score (nSPS) is 9.61. The number of carboxylic acids is 1. The van der Waals surface area contributed by atoms with Crippen LogP contribution in [0.5, 0.6) is 0 Å². The van der Waals surface area contributed by atoms with Crippen LogP contribution in [0.2, 0.25) is 0 Å². The molecule has 0 saturated carbocycles. The SMILES string of the molecule is C=C(CC)C(=O)OC(=O)c1ccccc1C(=O)O. The van der Waals surface area contributed by atoms with E-state index in [9.17, 15) is 14.4 Å². The lowest BCUT2D eigenvalue weighted by molar-refractivity contribution is -0.133. The molecular weight excluding hydrogens is 236 g/mol. The molecule has 94 valence electrons. The average molecular weight is 248 g/mol. The summed E-state index contributed by atoms with van der Waals surface area (Å²) in [5, 5.41) is 8.89. The van der Waals surface area contributed by atoms with Crippen LogP contribution in [-0.2, 0) is 9.53 Å². The second-order valence-corrected chi connectivity index (χ2v) is 3.48. The highest BCUT2D eigenvalue weighted by Gasteiger charge is 2.20. The van der Waals surface area contributed by atoms with Gasteiger partial charge in [-0.2, -0.15) is 0 Å². The van der Waals surface area contributed by atoms with Crippen molar-refractivity contribution in [2.24, 2.45) is 0 Å². The maximum absolute atomic E-state index is 11.7. The van der Waals surface area contributed by atoms with Crippen molar-refractivity contribution in [3.63, 3.8) is 0 Å². The number of rotatable bonds is 4. The minimum absolute atomic E-state index is 0.149. The molecule has 0 spiro atoms. The van der Waals surface area contributed by atoms with Crippen LogP contribution in [0.15, 0.2) is 36.4 Å². The standard InChI is InChI=1S/C13H12O5/c1-3-8(2)12(16)18-13(17)10-7-5-4-6-9(10)11(14)15/h4-7H,2-3H2,1H3,(H,14,15). The molecule has 0 bridgehead atoms. The Hall–Kier alpha value is -2.43. The van der Waals surface area contributed by atoms with Crippen molar-refractivity contribution in [3.05, 3.63) is 47.5 Å². The Labute approximate surface area is 104 Å². The summed E-state index contributed by atoms with van der Waals surface area (Å²) in [6, 6.07) is 5.51. The van der Waals surface area contributed by atoms with Crippen LogP contribution in [0.25, 0.3) is 0 Å². The first kappa shape index (κ1) is 13.6. The Bertz CT molecular complexity index is 516. The van der Waals surface area contributed by atoms with Gasteiger partial charge in [-0.25, -0.2) is 14.4 Å². The number of aromatic carboxylic acids is 1. The molecule has 1 rings (SSSR count). The molecule has 0 saturated heterocycles. The molecule has 0 aromatic heterocycles. The maximum atomic E-state index is 11.7. The second kappa shape index (κ2) is 5.77. The number of benzene rings is 1. The molecule has 18 heavy (non-hydrogen) atoms. The Kier molecular flexibility index (Phi) is 4.37. The van der Waals surface area contributed by atoms with Gasteiger partial charge in [0.15, 0.2) is 0 Å². The summed E-state index contributed by atoms with van der Waals surface area (Å²) in [4.78, 5) is 33.9. The predicted molar refractivity (Wildman–Crippen MR) is 63.3 cm³/mol. The second-order valence-electron chi connectivity index (χ2n) is 3.48. The minimum Gasteiger partial charge on any atom is -0.478 e. The van der Waals surface area contributed by atoms with Gasteiger partial charge >= 0.3 is 17.9 Å². The molecular formula is C13H12O5. The summed E-state index contributed by atoms with van der Waals surface area (Å²) < 4.78 is 4.54. The van der Waals surface area contributed by atoms with Crippen LogP contribution in [0.4, 0.5) is 0 Å². The average Bonchev–Trinajstić information content (AvgIpc) is 2.37. The maximum Gasteiger partial charge on any atom is 0.346 e. The van der Waals surface area contributed by atoms with Crippen molar-refractivity contribution in [1.29, 1.82) is 0 Å². The topological polar surface area (TPSA) is 80.7 Å². The lowest BCUT2D eigenvalue weighted by Gasteiger charge is -2.06. The van der Waals surface area contributed by atoms with Crippen LogP contribution >= 0.6 is 0 Å². The molecule has 0 atom stereocenters. The number of hydrogen-bond donors (Lipinski definition) is 1. The van der Waals surface area contributed by atoms with E-state index in [0.717, 1.165) is 0 Å². The van der Waals surface area contributed by atoms with Crippen molar-refractivity contribution in [3.8, 4) is 0 Å². The molecule has 0 fully saturated rings. The number of carbonyl (C=O) groups is 3. The van der Waals surface area contributed by atoms with Gasteiger partial charge in [0.1, 0.15) is 0 Å². The van der Waals surface area contributed by atoms with E-state index >= 15 is 0 Å². The van der Waals surface area contributed by atoms with Gasteiger partial charge in [0.2, 0.25) is 0 Å². The van der Waals surface area contributed by atoms with Gasteiger partial charge in [0.05, 0.1) is 11.1 Å². The summed E-state index contributed by atoms with van der Waals surface area (Å²) in [5.41, 5.74) is -0.226. The monoisotopic (exact) mass is 248 g/mol. The largest absolute Gasteiger partial charge is 0.478 e. The van der Waals surface area contributed by atoms with E-state index in [-0.39, 0.29) is 16.7 Å². The number of esters is 2. The highest BCUT2D eigenvalue weighted by molar-refractivity contribution is 6.07. The Balaban J connectivity index is 2.95. The molecule has 5 heteroatoms. The minimum atomic E-state index is -1.26. The molecule has 0 aliphatic rings. The zero-order valence-corrected chi connectivity index (χ0v) is 9.80. The van der Waals surface area contributed by atoms with Crippen molar-refractivity contribution >= 4 is 17.9 Å². The molecule has 0 radical (unpaired) electrons. The fourth-order valence-corrected chi connectivity index (χ4v) is 1.20. The van der Waals surface area contributed by atoms with Crippen molar-refractivity contribution in [2.45, 2.75) is 13.3 Å². The van der Waals surface area contributed by atoms with Crippen LogP contribution in [-0.4, -0.2) is 23.0 Å². The van der Waals surface area contributed by atoms with Gasteiger partial charge in [-0.1, -0.05) is 25.6 Å². The third-order valence-electron chi connectivity index (χ3n) is 2.28. The van der Waals surface area contributed by atoms with Gasteiger partial charge in [0.25, 0.3) is 0 Å². The zero-order chi connectivity index (χ0) is 13.7. The first-order chi connectivity index (χ1) is 8.47. The van der Waals surface area contributed by atoms with Crippen LogP contribution in [0.3, 0.4) is 0 Å². The summed E-state index contributed by atoms with van der Waals surface area (Å²) in [5.74, 6) is -3.10. The predicted octanol–water partition coefficient (Wildman–Crippen LogP) is 2.03. The third kappa shape index (κ3) is 3.04. The van der Waals surface area contributed by atoms with E-state index in [0.29, 0.717) is 6.42 Å². The van der Waals surface area contributed by atoms with E-state index in [1.807, 2.05) is 0 Å². The van der Waals surface area contributed by atoms with E-state index in [2.05, 4.69) is 11.3 Å². The summed E-state index contributed by atoms with van der Waals surface area (Å²) in [6.07, 6.45) is 0.354. The fourth-order valence-electron chi connectivity index (χ4n) is 1.20. The lowest BCUT2D eigenvalue weighted by Crippen LogP contribution is -2.16. The van der Waals surface area contributed by atoms with E-state index in [1.54, 1.807) is 6.92 Å². The Morgan fingerprint density at radius 2 is 1.78 bits per heavy atom. The summed E-state index contributed by atoms with van der Waals surface area (Å²) >= 11 is 0. The van der Waals surface area contributed by atoms with Crippen LogP contribution < -0.4 is 0 Å². The van der Waals surface area contributed by atoms with E-state index in [1.165, 1.54) is 24.3 Å². The highest BCUT2D eigenvalue weighted by Crippen LogP contribution is 2.11. The fraction of sp³-hybridized carbons (Fsp3) is 0.154. The molecule has 0 heterocycles. The smallest absolute Gasteiger partial charge is 0.346 e. The molecule has 1 N–H and O–H groups in total. The molecule has 0 aliphatic heterocycles. The number of hydrogen-bond acceptors (Lipinski definition) is 4. The van der Waals surface area contributed by atoms with Crippen molar-refractivity contribution in [1.82, 2.24) is 0 Å². The van der Waals surface area contributed by atoms with Crippen molar-refractivity contribution < 1.29 is 24.2 Å². The third-order valence-corrected chi connectivity index (χ3v) is 2.28. The number of carboxylic acid groups (broad SMARTS) is 1. The number of ether oxygens (including phenoxy) is 1. The van der Waals surface area contributed by atoms with Gasteiger partial charge in [-0.15, -0.1) is 0 Å². The quantitative estimate of drug-likeness (QED) is 0.501. The Morgan fingerprint density at radius 1 is 1.22 bits per heavy atom. The molecule has 5 nitrogen and oxygen atoms in total. The van der Waals surface area contributed by atoms with Crippen LogP contribution in [0, 0.1) is 0 Å². The highest BCUT2D eigenvalue weighted by atomic mass is 16.6. The van der Waals surface area contributed by atoms with Gasteiger partial charge < -0.3 is 9.84 Å². The van der Waals surface area contributed by atoms with Gasteiger partial charge in [0, 0.05) is 5.57 Å².